The van der Waals surface area contributed by atoms with Crippen molar-refractivity contribution in [1.82, 2.24) is 15.2 Å². The lowest BCUT2D eigenvalue weighted by atomic mass is 10.2. The van der Waals surface area contributed by atoms with Gasteiger partial charge in [0, 0.05) is 4.47 Å². The van der Waals surface area contributed by atoms with Gasteiger partial charge in [0.15, 0.2) is 0 Å². The molecule has 5 heteroatoms. The average Bonchev–Trinajstić information content (AvgIpc) is 2.38. The zero-order valence-electron chi connectivity index (χ0n) is 10.4. The van der Waals surface area contributed by atoms with Gasteiger partial charge in [0.25, 0.3) is 0 Å². The van der Waals surface area contributed by atoms with E-state index in [-0.39, 0.29) is 0 Å². The first-order valence-electron chi connectivity index (χ1n) is 5.88. The largest absolute Gasteiger partial charge is 0.423 e. The van der Waals surface area contributed by atoms with E-state index in [9.17, 15) is 0 Å². The normalized spacial score (nSPS) is 10.4. The molecule has 0 aliphatic rings. The van der Waals surface area contributed by atoms with Crippen molar-refractivity contribution in [2.45, 2.75) is 26.7 Å². The summed E-state index contributed by atoms with van der Waals surface area (Å²) < 4.78 is 6.54. The molecule has 0 fully saturated rings. The molecule has 0 N–H and O–H groups in total. The van der Waals surface area contributed by atoms with E-state index in [4.69, 9.17) is 4.74 Å². The van der Waals surface area contributed by atoms with E-state index >= 15 is 0 Å². The van der Waals surface area contributed by atoms with Crippen LogP contribution < -0.4 is 4.74 Å². The Labute approximate surface area is 115 Å². The molecule has 0 aliphatic heterocycles. The Morgan fingerprint density at radius 1 is 1.11 bits per heavy atom. The van der Waals surface area contributed by atoms with E-state index < -0.39 is 0 Å². The first-order valence-corrected chi connectivity index (χ1v) is 6.68. The number of nitrogens with zero attached hydrogens (tertiary/aromatic N) is 3. The first kappa shape index (κ1) is 13.0. The van der Waals surface area contributed by atoms with Crippen LogP contribution in [0.25, 0.3) is 0 Å². The first-order chi connectivity index (χ1) is 8.72. The summed E-state index contributed by atoms with van der Waals surface area (Å²) in [5, 5.41) is 8.12. The monoisotopic (exact) mass is 307 g/mol. The molecule has 1 aromatic heterocycles. The minimum Gasteiger partial charge on any atom is -0.423 e. The van der Waals surface area contributed by atoms with Crippen molar-refractivity contribution >= 4 is 15.9 Å². The van der Waals surface area contributed by atoms with Gasteiger partial charge in [0.05, 0.1) is 11.4 Å². The molecule has 0 spiro atoms. The van der Waals surface area contributed by atoms with Gasteiger partial charge in [0.1, 0.15) is 5.75 Å². The maximum absolute atomic E-state index is 5.59. The van der Waals surface area contributed by atoms with E-state index in [1.54, 1.807) is 0 Å². The molecule has 1 heterocycles. The summed E-state index contributed by atoms with van der Waals surface area (Å²) in [4.78, 5) is 4.38. The number of rotatable bonds is 4. The third kappa shape index (κ3) is 3.04. The van der Waals surface area contributed by atoms with Crippen molar-refractivity contribution in [1.29, 1.82) is 0 Å². The Bertz CT molecular complexity index is 546. The molecule has 94 valence electrons. The van der Waals surface area contributed by atoms with Crippen LogP contribution in [0.1, 0.15) is 25.2 Å². The topological polar surface area (TPSA) is 47.9 Å². The van der Waals surface area contributed by atoms with Crippen LogP contribution in [0.15, 0.2) is 28.7 Å². The van der Waals surface area contributed by atoms with Gasteiger partial charge in [-0.2, -0.15) is 4.98 Å². The molecular formula is C13H14BrN3O. The lowest BCUT2D eigenvalue weighted by Gasteiger charge is -2.06. The highest BCUT2D eigenvalue weighted by Gasteiger charge is 2.07. The number of ether oxygens (including phenoxy) is 1. The summed E-state index contributed by atoms with van der Waals surface area (Å²) in [6.07, 6.45) is 1.66. The number of halogens is 1. The maximum Gasteiger partial charge on any atom is 0.341 e. The van der Waals surface area contributed by atoms with Crippen molar-refractivity contribution in [3.05, 3.63) is 40.1 Å². The second-order valence-electron chi connectivity index (χ2n) is 3.75. The molecule has 0 atom stereocenters. The van der Waals surface area contributed by atoms with Crippen LogP contribution in [0.5, 0.6) is 11.8 Å². The standard InChI is InChI=1S/C13H14BrN3O/c1-3-11-12(4-2)16-17-13(15-11)18-10-7-5-6-9(14)8-10/h5-8H,3-4H2,1-2H3. The summed E-state index contributed by atoms with van der Waals surface area (Å²) in [5.41, 5.74) is 1.87. The van der Waals surface area contributed by atoms with Gasteiger partial charge in [-0.3, -0.25) is 0 Å². The molecule has 0 saturated carbocycles. The van der Waals surface area contributed by atoms with Gasteiger partial charge in [0.2, 0.25) is 0 Å². The zero-order valence-corrected chi connectivity index (χ0v) is 11.9. The van der Waals surface area contributed by atoms with Crippen LogP contribution in [0, 0.1) is 0 Å². The van der Waals surface area contributed by atoms with Gasteiger partial charge >= 0.3 is 6.01 Å². The Kier molecular flexibility index (Phi) is 4.25. The quantitative estimate of drug-likeness (QED) is 0.866. The molecule has 1 aromatic carbocycles. The number of hydrogen-bond acceptors (Lipinski definition) is 4. The number of aryl methyl sites for hydroxylation is 2. The van der Waals surface area contributed by atoms with Crippen LogP contribution in [0.4, 0.5) is 0 Å². The molecule has 18 heavy (non-hydrogen) atoms. The third-order valence-electron chi connectivity index (χ3n) is 2.49. The van der Waals surface area contributed by atoms with Crippen LogP contribution >= 0.6 is 15.9 Å². The fraction of sp³-hybridized carbons (Fsp3) is 0.308. The van der Waals surface area contributed by atoms with Gasteiger partial charge in [-0.25, -0.2) is 0 Å². The van der Waals surface area contributed by atoms with Gasteiger partial charge in [-0.15, -0.1) is 5.10 Å². The van der Waals surface area contributed by atoms with Crippen molar-refractivity contribution in [2.24, 2.45) is 0 Å². The summed E-state index contributed by atoms with van der Waals surface area (Å²) >= 11 is 3.39. The lowest BCUT2D eigenvalue weighted by molar-refractivity contribution is 0.428. The Hall–Kier alpha value is -1.49. The minimum atomic E-state index is 0.294. The van der Waals surface area contributed by atoms with Crippen LogP contribution in [-0.4, -0.2) is 15.2 Å². The molecule has 0 unspecified atom stereocenters. The van der Waals surface area contributed by atoms with Crippen molar-refractivity contribution in [3.63, 3.8) is 0 Å². The molecule has 2 aromatic rings. The minimum absolute atomic E-state index is 0.294. The Morgan fingerprint density at radius 3 is 2.56 bits per heavy atom. The molecule has 0 amide bonds. The van der Waals surface area contributed by atoms with E-state index in [0.717, 1.165) is 28.7 Å². The highest BCUT2D eigenvalue weighted by Crippen LogP contribution is 2.22. The second kappa shape index (κ2) is 5.91. The highest BCUT2D eigenvalue weighted by molar-refractivity contribution is 9.10. The van der Waals surface area contributed by atoms with Crippen LogP contribution in [0.2, 0.25) is 0 Å². The van der Waals surface area contributed by atoms with Crippen LogP contribution in [-0.2, 0) is 12.8 Å². The maximum atomic E-state index is 5.59. The highest BCUT2D eigenvalue weighted by atomic mass is 79.9. The molecular weight excluding hydrogens is 294 g/mol. The van der Waals surface area contributed by atoms with Gasteiger partial charge < -0.3 is 4.74 Å². The summed E-state index contributed by atoms with van der Waals surface area (Å²) in [5.74, 6) is 0.692. The molecule has 0 aliphatic carbocycles. The molecule has 2 rings (SSSR count). The lowest BCUT2D eigenvalue weighted by Crippen LogP contribution is -2.04. The second-order valence-corrected chi connectivity index (χ2v) is 4.67. The summed E-state index contributed by atoms with van der Waals surface area (Å²) in [6.45, 7) is 4.09. The van der Waals surface area contributed by atoms with Gasteiger partial charge in [-0.1, -0.05) is 40.9 Å². The van der Waals surface area contributed by atoms with Crippen molar-refractivity contribution in [3.8, 4) is 11.8 Å². The average molecular weight is 308 g/mol. The van der Waals surface area contributed by atoms with E-state index in [0.29, 0.717) is 11.8 Å². The molecule has 0 radical (unpaired) electrons. The number of aromatic nitrogens is 3. The van der Waals surface area contributed by atoms with E-state index in [2.05, 4.69) is 31.1 Å². The molecule has 0 saturated heterocycles. The van der Waals surface area contributed by atoms with Gasteiger partial charge in [-0.05, 0) is 31.0 Å². The fourth-order valence-electron chi connectivity index (χ4n) is 1.60. The Balaban J connectivity index is 2.24. The fourth-order valence-corrected chi connectivity index (χ4v) is 1.98. The van der Waals surface area contributed by atoms with Crippen molar-refractivity contribution < 1.29 is 4.74 Å². The zero-order chi connectivity index (χ0) is 13.0. The predicted octanol–water partition coefficient (Wildman–Crippen LogP) is 3.55. The van der Waals surface area contributed by atoms with Crippen molar-refractivity contribution in [2.75, 3.05) is 0 Å². The van der Waals surface area contributed by atoms with Crippen LogP contribution in [0.3, 0.4) is 0 Å². The molecule has 0 bridgehead atoms. The number of hydrogen-bond donors (Lipinski definition) is 0. The third-order valence-corrected chi connectivity index (χ3v) is 2.99. The SMILES string of the molecule is CCc1nnc(Oc2cccc(Br)c2)nc1CC. The summed E-state index contributed by atoms with van der Waals surface area (Å²) in [6, 6.07) is 7.84. The smallest absolute Gasteiger partial charge is 0.341 e. The molecule has 4 nitrogen and oxygen atoms in total. The van der Waals surface area contributed by atoms with E-state index in [1.807, 2.05) is 38.1 Å². The Morgan fingerprint density at radius 2 is 1.89 bits per heavy atom. The summed E-state index contributed by atoms with van der Waals surface area (Å²) in [7, 11) is 0. The van der Waals surface area contributed by atoms with E-state index in [1.165, 1.54) is 0 Å². The number of benzene rings is 1. The predicted molar refractivity (Wildman–Crippen MR) is 72.8 cm³/mol.